The Labute approximate surface area is 167 Å². The van der Waals surface area contributed by atoms with E-state index in [-0.39, 0.29) is 30.5 Å². The smallest absolute Gasteiger partial charge is 0.410 e. The van der Waals surface area contributed by atoms with Crippen LogP contribution >= 0.6 is 0 Å². The van der Waals surface area contributed by atoms with Crippen LogP contribution in [0.15, 0.2) is 54.6 Å². The van der Waals surface area contributed by atoms with Crippen molar-refractivity contribution in [2.75, 3.05) is 0 Å². The number of alkyl halides is 2. The van der Waals surface area contributed by atoms with Crippen LogP contribution in [0, 0.1) is 0 Å². The molecule has 154 valence electrons. The van der Waals surface area contributed by atoms with Crippen molar-refractivity contribution in [2.45, 2.75) is 56.6 Å². The fraction of sp³-hybridized carbons (Fsp3) is 0.409. The highest BCUT2D eigenvalue weighted by Gasteiger charge is 2.50. The summed E-state index contributed by atoms with van der Waals surface area (Å²) in [5.41, 5.74) is 0.256. The highest BCUT2D eigenvalue weighted by molar-refractivity contribution is 5.69. The summed E-state index contributed by atoms with van der Waals surface area (Å²) in [6, 6.07) is 15.4. The minimum absolute atomic E-state index is 0.0166. The van der Waals surface area contributed by atoms with Gasteiger partial charge in [-0.2, -0.15) is 8.78 Å². The average Bonchev–Trinajstić information content (AvgIpc) is 2.99. The van der Waals surface area contributed by atoms with Crippen LogP contribution in [0.1, 0.15) is 36.8 Å². The molecular weight excluding hydrogens is 380 g/mol. The lowest BCUT2D eigenvalue weighted by atomic mass is 9.80. The average molecular weight is 403 g/mol. The summed E-state index contributed by atoms with van der Waals surface area (Å²) < 4.78 is 35.0. The van der Waals surface area contributed by atoms with Crippen LogP contribution < -0.4 is 4.74 Å². The van der Waals surface area contributed by atoms with Gasteiger partial charge in [0.2, 0.25) is 0 Å². The van der Waals surface area contributed by atoms with Gasteiger partial charge in [0.25, 0.3) is 0 Å². The van der Waals surface area contributed by atoms with Gasteiger partial charge in [0.1, 0.15) is 12.4 Å². The normalized spacial score (nSPS) is 25.9. The quantitative estimate of drug-likeness (QED) is 0.802. The molecule has 2 unspecified atom stereocenters. The second kappa shape index (κ2) is 7.99. The van der Waals surface area contributed by atoms with Crippen LogP contribution in [0.2, 0.25) is 0 Å². The minimum Gasteiger partial charge on any atom is -0.445 e. The summed E-state index contributed by atoms with van der Waals surface area (Å²) >= 11 is 0. The molecule has 2 fully saturated rings. The van der Waals surface area contributed by atoms with Crippen molar-refractivity contribution in [2.24, 2.45) is 0 Å². The molecule has 5 nitrogen and oxygen atoms in total. The number of carbonyl (C=O) groups excluding carboxylic acids is 1. The van der Waals surface area contributed by atoms with Crippen LogP contribution in [0.3, 0.4) is 0 Å². The second-order valence-electron chi connectivity index (χ2n) is 7.68. The van der Waals surface area contributed by atoms with Crippen molar-refractivity contribution in [3.05, 3.63) is 65.7 Å². The molecule has 2 bridgehead atoms. The van der Waals surface area contributed by atoms with Gasteiger partial charge in [-0.1, -0.05) is 42.5 Å². The first kappa shape index (κ1) is 19.6. The Kier molecular flexibility index (Phi) is 5.41. The number of halogens is 2. The van der Waals surface area contributed by atoms with E-state index in [0.717, 1.165) is 18.4 Å². The number of hydrogen-bond donors (Lipinski definition) is 1. The SMILES string of the molecule is O=C(OCc1ccccc1)N1C2CCC1CC(O)(c1cccc(OC(F)F)c1)C2. The number of ether oxygens (including phenoxy) is 2. The summed E-state index contributed by atoms with van der Waals surface area (Å²) in [6.07, 6.45) is 1.85. The molecule has 2 aliphatic rings. The molecule has 1 N–H and O–H groups in total. The summed E-state index contributed by atoms with van der Waals surface area (Å²) in [7, 11) is 0. The zero-order valence-corrected chi connectivity index (χ0v) is 15.8. The van der Waals surface area contributed by atoms with E-state index in [4.69, 9.17) is 4.74 Å². The Bertz CT molecular complexity index is 847. The van der Waals surface area contributed by atoms with Crippen LogP contribution in [-0.4, -0.2) is 34.8 Å². The predicted molar refractivity (Wildman–Crippen MR) is 101 cm³/mol. The molecule has 2 aromatic rings. The van der Waals surface area contributed by atoms with Crippen molar-refractivity contribution in [1.82, 2.24) is 4.90 Å². The van der Waals surface area contributed by atoms with Gasteiger partial charge in [0.05, 0.1) is 5.60 Å². The van der Waals surface area contributed by atoms with E-state index in [1.165, 1.54) is 12.1 Å². The van der Waals surface area contributed by atoms with E-state index < -0.39 is 12.2 Å². The number of carbonyl (C=O) groups is 1. The third kappa shape index (κ3) is 4.19. The van der Waals surface area contributed by atoms with E-state index in [2.05, 4.69) is 4.74 Å². The highest BCUT2D eigenvalue weighted by Crippen LogP contribution is 2.46. The molecule has 0 saturated carbocycles. The Hall–Kier alpha value is -2.67. The molecular formula is C22H23F2NO4. The highest BCUT2D eigenvalue weighted by atomic mass is 19.3. The number of nitrogens with zero attached hydrogens (tertiary/aromatic N) is 1. The largest absolute Gasteiger partial charge is 0.445 e. The van der Waals surface area contributed by atoms with E-state index >= 15 is 0 Å². The number of amides is 1. The summed E-state index contributed by atoms with van der Waals surface area (Å²) in [5.74, 6) is 0.0166. The fourth-order valence-corrected chi connectivity index (χ4v) is 4.51. The van der Waals surface area contributed by atoms with E-state index in [9.17, 15) is 18.7 Å². The first-order chi connectivity index (χ1) is 13.9. The number of benzene rings is 2. The Morgan fingerprint density at radius 1 is 1.10 bits per heavy atom. The van der Waals surface area contributed by atoms with Gasteiger partial charge >= 0.3 is 12.7 Å². The fourth-order valence-electron chi connectivity index (χ4n) is 4.51. The maximum Gasteiger partial charge on any atom is 0.410 e. The van der Waals surface area contributed by atoms with Gasteiger partial charge in [-0.25, -0.2) is 4.79 Å². The molecule has 0 radical (unpaired) electrons. The molecule has 4 rings (SSSR count). The van der Waals surface area contributed by atoms with E-state index in [0.29, 0.717) is 18.4 Å². The predicted octanol–water partition coefficient (Wildman–Crippen LogP) is 4.44. The minimum atomic E-state index is -2.92. The third-order valence-corrected chi connectivity index (χ3v) is 5.78. The molecule has 1 amide bonds. The van der Waals surface area contributed by atoms with Gasteiger partial charge in [0, 0.05) is 24.9 Å². The number of aliphatic hydroxyl groups is 1. The second-order valence-corrected chi connectivity index (χ2v) is 7.68. The van der Waals surface area contributed by atoms with E-state index in [1.54, 1.807) is 17.0 Å². The summed E-state index contributed by atoms with van der Waals surface area (Å²) in [5, 5.41) is 11.3. The van der Waals surface area contributed by atoms with Crippen LogP contribution in [0.25, 0.3) is 0 Å². The van der Waals surface area contributed by atoms with Gasteiger partial charge in [-0.3, -0.25) is 0 Å². The first-order valence-electron chi connectivity index (χ1n) is 9.71. The van der Waals surface area contributed by atoms with Gasteiger partial charge in [0.15, 0.2) is 0 Å². The Morgan fingerprint density at radius 2 is 1.79 bits per heavy atom. The maximum atomic E-state index is 12.7. The third-order valence-electron chi connectivity index (χ3n) is 5.78. The molecule has 2 aromatic carbocycles. The van der Waals surface area contributed by atoms with Crippen LogP contribution in [0.4, 0.5) is 13.6 Å². The van der Waals surface area contributed by atoms with Crippen molar-refractivity contribution in [1.29, 1.82) is 0 Å². The number of hydrogen-bond acceptors (Lipinski definition) is 4. The maximum absolute atomic E-state index is 12.7. The van der Waals surface area contributed by atoms with Crippen LogP contribution in [0.5, 0.6) is 5.75 Å². The molecule has 2 saturated heterocycles. The van der Waals surface area contributed by atoms with Gasteiger partial charge in [-0.05, 0) is 36.1 Å². The molecule has 29 heavy (non-hydrogen) atoms. The zero-order valence-electron chi connectivity index (χ0n) is 15.8. The summed E-state index contributed by atoms with van der Waals surface area (Å²) in [4.78, 5) is 14.4. The van der Waals surface area contributed by atoms with Crippen molar-refractivity contribution < 1.29 is 28.2 Å². The lowest BCUT2D eigenvalue weighted by molar-refractivity contribution is -0.0576. The molecule has 7 heteroatoms. The zero-order chi connectivity index (χ0) is 20.4. The first-order valence-corrected chi connectivity index (χ1v) is 9.71. The number of rotatable bonds is 5. The number of fused-ring (bicyclic) bond motifs is 2. The number of piperidine rings is 1. The molecule has 0 aromatic heterocycles. The topological polar surface area (TPSA) is 59.0 Å². The molecule has 2 heterocycles. The summed E-state index contributed by atoms with van der Waals surface area (Å²) in [6.45, 7) is -2.72. The van der Waals surface area contributed by atoms with E-state index in [1.807, 2.05) is 30.3 Å². The molecule has 2 atom stereocenters. The molecule has 0 spiro atoms. The monoisotopic (exact) mass is 403 g/mol. The van der Waals surface area contributed by atoms with Crippen molar-refractivity contribution in [3.8, 4) is 5.75 Å². The van der Waals surface area contributed by atoms with Gasteiger partial charge in [-0.15, -0.1) is 0 Å². The van der Waals surface area contributed by atoms with Crippen molar-refractivity contribution >= 4 is 6.09 Å². The van der Waals surface area contributed by atoms with Gasteiger partial charge < -0.3 is 19.5 Å². The molecule has 2 aliphatic heterocycles. The lowest BCUT2D eigenvalue weighted by Crippen LogP contribution is -2.52. The standard InChI is InChI=1S/C22H23F2NO4/c23-20(24)29-19-8-4-7-16(11-19)22(27)12-17-9-10-18(13-22)25(17)21(26)28-14-15-5-2-1-3-6-15/h1-8,11,17-18,20,27H,9-10,12-14H2. The Morgan fingerprint density at radius 3 is 2.45 bits per heavy atom. The van der Waals surface area contributed by atoms with Crippen LogP contribution in [-0.2, 0) is 16.9 Å². The van der Waals surface area contributed by atoms with Crippen molar-refractivity contribution in [3.63, 3.8) is 0 Å². The lowest BCUT2D eigenvalue weighted by Gasteiger charge is -2.43. The molecule has 0 aliphatic carbocycles. The Balaban J connectivity index is 1.45.